The van der Waals surface area contributed by atoms with E-state index in [1.54, 1.807) is 11.3 Å². The first kappa shape index (κ1) is 20.1. The molecule has 1 aromatic heterocycles. The van der Waals surface area contributed by atoms with Gasteiger partial charge in [-0.2, -0.15) is 0 Å². The summed E-state index contributed by atoms with van der Waals surface area (Å²) in [6.07, 6.45) is 0. The topological polar surface area (TPSA) is 45.7 Å². The van der Waals surface area contributed by atoms with Crippen molar-refractivity contribution < 1.29 is 10.1 Å². The zero-order chi connectivity index (χ0) is 20.8. The predicted octanol–water partition coefficient (Wildman–Crippen LogP) is 5.10. The summed E-state index contributed by atoms with van der Waals surface area (Å²) >= 11 is 1.72. The number of thiophene rings is 1. The third-order valence-electron chi connectivity index (χ3n) is 5.17. The number of amides is 1. The van der Waals surface area contributed by atoms with Gasteiger partial charge in [0.1, 0.15) is 6.04 Å². The Labute approximate surface area is 181 Å². The van der Waals surface area contributed by atoms with E-state index in [2.05, 4.69) is 52.4 Å². The molecule has 150 valence electrons. The fraction of sp³-hybridized carbons (Fsp3) is 0.115. The molecule has 0 aliphatic rings. The summed E-state index contributed by atoms with van der Waals surface area (Å²) in [5.41, 5.74) is 4.15. The van der Waals surface area contributed by atoms with Gasteiger partial charge in [0.05, 0.1) is 4.88 Å². The molecule has 3 aromatic carbocycles. The van der Waals surface area contributed by atoms with E-state index >= 15 is 0 Å². The molecular formula is C26H25N2OS+. The molecule has 3 N–H and O–H groups in total. The van der Waals surface area contributed by atoms with Crippen molar-refractivity contribution in [3.05, 3.63) is 113 Å². The molecule has 30 heavy (non-hydrogen) atoms. The largest absolute Gasteiger partial charge is 0.326 e. The summed E-state index contributed by atoms with van der Waals surface area (Å²) in [4.78, 5) is 14.3. The van der Waals surface area contributed by atoms with Crippen LogP contribution in [0.5, 0.6) is 0 Å². The minimum Gasteiger partial charge on any atom is -0.326 e. The SMILES string of the molecule is C[C@@H]([NH2+][C@@H](c1ccccc1)c1cccs1)C(=O)Nc1ccccc1-c1ccccc1. The number of carbonyl (C=O) groups excluding carboxylic acids is 1. The van der Waals surface area contributed by atoms with E-state index in [1.807, 2.05) is 67.6 Å². The minimum atomic E-state index is -0.249. The highest BCUT2D eigenvalue weighted by atomic mass is 32.1. The Bertz CT molecular complexity index is 1080. The van der Waals surface area contributed by atoms with Gasteiger partial charge in [-0.25, -0.2) is 0 Å². The molecular weight excluding hydrogens is 388 g/mol. The zero-order valence-corrected chi connectivity index (χ0v) is 17.7. The Morgan fingerprint density at radius 1 is 0.833 bits per heavy atom. The van der Waals surface area contributed by atoms with Crippen molar-refractivity contribution in [1.82, 2.24) is 0 Å². The predicted molar refractivity (Wildman–Crippen MR) is 124 cm³/mol. The lowest BCUT2D eigenvalue weighted by Gasteiger charge is -2.20. The standard InChI is InChI=1S/C26H24N2OS/c1-19(27-25(24-17-10-18-30-24)21-13-6-3-7-14-21)26(29)28-23-16-9-8-15-22(23)20-11-4-2-5-12-20/h2-19,25,27H,1H3,(H,28,29)/p+1/t19-,25+/m1/s1. The fourth-order valence-corrected chi connectivity index (χ4v) is 4.42. The van der Waals surface area contributed by atoms with Crippen LogP contribution in [0.2, 0.25) is 0 Å². The average molecular weight is 414 g/mol. The molecule has 4 rings (SSSR count). The lowest BCUT2D eigenvalue weighted by molar-refractivity contribution is -0.703. The molecule has 0 spiro atoms. The molecule has 4 heteroatoms. The van der Waals surface area contributed by atoms with Crippen molar-refractivity contribution in [3.63, 3.8) is 0 Å². The number of hydrogen-bond donors (Lipinski definition) is 2. The van der Waals surface area contributed by atoms with E-state index in [0.717, 1.165) is 16.8 Å². The maximum absolute atomic E-state index is 13.1. The number of quaternary nitrogens is 1. The van der Waals surface area contributed by atoms with Gasteiger partial charge in [-0.05, 0) is 30.0 Å². The van der Waals surface area contributed by atoms with Crippen molar-refractivity contribution in [1.29, 1.82) is 0 Å². The van der Waals surface area contributed by atoms with Crippen molar-refractivity contribution in [2.75, 3.05) is 5.32 Å². The van der Waals surface area contributed by atoms with E-state index in [9.17, 15) is 4.79 Å². The van der Waals surface area contributed by atoms with E-state index in [1.165, 1.54) is 10.4 Å². The van der Waals surface area contributed by atoms with Crippen LogP contribution in [0, 0.1) is 0 Å². The first-order valence-corrected chi connectivity index (χ1v) is 11.0. The van der Waals surface area contributed by atoms with Crippen molar-refractivity contribution >= 4 is 22.9 Å². The van der Waals surface area contributed by atoms with Crippen LogP contribution in [0.4, 0.5) is 5.69 Å². The second-order valence-corrected chi connectivity index (χ2v) is 8.27. The molecule has 4 aromatic rings. The van der Waals surface area contributed by atoms with Crippen LogP contribution in [0.3, 0.4) is 0 Å². The molecule has 0 fully saturated rings. The van der Waals surface area contributed by atoms with E-state index < -0.39 is 0 Å². The van der Waals surface area contributed by atoms with Crippen LogP contribution in [0.1, 0.15) is 23.4 Å². The number of hydrogen-bond acceptors (Lipinski definition) is 2. The lowest BCUT2D eigenvalue weighted by Crippen LogP contribution is -2.92. The third-order valence-corrected chi connectivity index (χ3v) is 6.13. The number of benzene rings is 3. The maximum Gasteiger partial charge on any atom is 0.282 e. The van der Waals surface area contributed by atoms with Gasteiger partial charge in [0, 0.05) is 16.8 Å². The van der Waals surface area contributed by atoms with Crippen molar-refractivity contribution in [3.8, 4) is 11.1 Å². The van der Waals surface area contributed by atoms with Gasteiger partial charge in [-0.1, -0.05) is 84.9 Å². The van der Waals surface area contributed by atoms with Crippen molar-refractivity contribution in [2.45, 2.75) is 19.0 Å². The molecule has 1 heterocycles. The van der Waals surface area contributed by atoms with Gasteiger partial charge in [0.2, 0.25) is 0 Å². The van der Waals surface area contributed by atoms with Crippen LogP contribution in [-0.4, -0.2) is 11.9 Å². The molecule has 0 saturated heterocycles. The Morgan fingerprint density at radius 3 is 2.20 bits per heavy atom. The first-order valence-electron chi connectivity index (χ1n) is 10.1. The zero-order valence-electron chi connectivity index (χ0n) is 16.9. The second kappa shape index (κ2) is 9.53. The lowest BCUT2D eigenvalue weighted by atomic mass is 10.0. The molecule has 0 aliphatic carbocycles. The maximum atomic E-state index is 13.1. The van der Waals surface area contributed by atoms with Gasteiger partial charge in [0.15, 0.2) is 6.04 Å². The Kier molecular flexibility index (Phi) is 6.38. The van der Waals surface area contributed by atoms with Crippen LogP contribution >= 0.6 is 11.3 Å². The van der Waals surface area contributed by atoms with Crippen LogP contribution in [-0.2, 0) is 4.79 Å². The van der Waals surface area contributed by atoms with Crippen LogP contribution in [0.15, 0.2) is 102 Å². The number of para-hydroxylation sites is 1. The van der Waals surface area contributed by atoms with Crippen LogP contribution < -0.4 is 10.6 Å². The summed E-state index contributed by atoms with van der Waals surface area (Å²) in [5.74, 6) is -0.00383. The number of carbonyl (C=O) groups is 1. The third kappa shape index (κ3) is 4.67. The van der Waals surface area contributed by atoms with Gasteiger partial charge in [-0.15, -0.1) is 11.3 Å². The Balaban J connectivity index is 1.53. The number of nitrogens with one attached hydrogen (secondary N) is 1. The van der Waals surface area contributed by atoms with Gasteiger partial charge in [0.25, 0.3) is 5.91 Å². The summed E-state index contributed by atoms with van der Waals surface area (Å²) < 4.78 is 0. The van der Waals surface area contributed by atoms with E-state index in [-0.39, 0.29) is 18.0 Å². The minimum absolute atomic E-state index is 0.00383. The summed E-state index contributed by atoms with van der Waals surface area (Å²) in [6, 6.07) is 32.5. The average Bonchev–Trinajstić information content (AvgIpc) is 3.33. The smallest absolute Gasteiger partial charge is 0.282 e. The van der Waals surface area contributed by atoms with Gasteiger partial charge < -0.3 is 10.6 Å². The monoisotopic (exact) mass is 413 g/mol. The number of nitrogens with two attached hydrogens (primary N) is 1. The highest BCUT2D eigenvalue weighted by Gasteiger charge is 2.26. The van der Waals surface area contributed by atoms with Crippen molar-refractivity contribution in [2.24, 2.45) is 0 Å². The summed E-state index contributed by atoms with van der Waals surface area (Å²) in [5, 5.41) is 7.37. The molecule has 2 atom stereocenters. The molecule has 0 bridgehead atoms. The second-order valence-electron chi connectivity index (χ2n) is 7.29. The molecule has 0 unspecified atom stereocenters. The fourth-order valence-electron chi connectivity index (χ4n) is 3.58. The summed E-state index contributed by atoms with van der Waals surface area (Å²) in [6.45, 7) is 1.96. The van der Waals surface area contributed by atoms with Gasteiger partial charge >= 0.3 is 0 Å². The molecule has 0 aliphatic heterocycles. The molecule has 1 amide bonds. The van der Waals surface area contributed by atoms with E-state index in [4.69, 9.17) is 0 Å². The number of rotatable bonds is 7. The van der Waals surface area contributed by atoms with Crippen LogP contribution in [0.25, 0.3) is 11.1 Å². The quantitative estimate of drug-likeness (QED) is 0.435. The first-order chi connectivity index (χ1) is 14.7. The Morgan fingerprint density at radius 2 is 1.50 bits per heavy atom. The highest BCUT2D eigenvalue weighted by Crippen LogP contribution is 2.27. The Hall–Kier alpha value is -3.21. The van der Waals surface area contributed by atoms with Gasteiger partial charge in [-0.3, -0.25) is 4.79 Å². The summed E-state index contributed by atoms with van der Waals surface area (Å²) in [7, 11) is 0. The highest BCUT2D eigenvalue weighted by molar-refractivity contribution is 7.10. The number of anilines is 1. The molecule has 3 nitrogen and oxygen atoms in total. The van der Waals surface area contributed by atoms with E-state index in [0.29, 0.717) is 0 Å². The molecule has 0 radical (unpaired) electrons. The molecule has 0 saturated carbocycles. The normalized spacial score (nSPS) is 12.8.